The van der Waals surface area contributed by atoms with E-state index in [1.807, 2.05) is 24.3 Å². The summed E-state index contributed by atoms with van der Waals surface area (Å²) in [7, 11) is 0. The first kappa shape index (κ1) is 20.9. The molecule has 0 bridgehead atoms. The predicted molar refractivity (Wildman–Crippen MR) is 114 cm³/mol. The van der Waals surface area contributed by atoms with Gasteiger partial charge in [-0.25, -0.2) is 0 Å². The van der Waals surface area contributed by atoms with E-state index in [0.29, 0.717) is 11.1 Å². The van der Waals surface area contributed by atoms with Gasteiger partial charge in [-0.1, -0.05) is 0 Å². The van der Waals surface area contributed by atoms with Crippen LogP contribution in [0.2, 0.25) is 0 Å². The van der Waals surface area contributed by atoms with Gasteiger partial charge in [0, 0.05) is 11.1 Å². The predicted octanol–water partition coefficient (Wildman–Crippen LogP) is 4.28. The number of hydrogen-bond acceptors (Lipinski definition) is 5. The van der Waals surface area contributed by atoms with Crippen LogP contribution in [0.3, 0.4) is 0 Å². The lowest BCUT2D eigenvalue weighted by Crippen LogP contribution is -2.26. The second-order valence-corrected chi connectivity index (χ2v) is 8.47. The maximum Gasteiger partial charge on any atom is 0.193 e. The molecule has 0 spiro atoms. The number of ether oxygens (including phenoxy) is 2. The van der Waals surface area contributed by atoms with Crippen LogP contribution in [0.1, 0.15) is 67.3 Å². The number of carbonyl (C=O) groups excluding carboxylic acids is 1. The summed E-state index contributed by atoms with van der Waals surface area (Å²) >= 11 is 0. The summed E-state index contributed by atoms with van der Waals surface area (Å²) in [5, 5.41) is 19.2. The van der Waals surface area contributed by atoms with Gasteiger partial charge in [0.05, 0.1) is 24.4 Å². The number of hydrogen-bond donors (Lipinski definition) is 2. The first-order chi connectivity index (χ1) is 14.6. The molecule has 2 N–H and O–H groups in total. The van der Waals surface area contributed by atoms with Crippen LogP contribution in [-0.2, 0) is 0 Å². The van der Waals surface area contributed by atoms with Crippen molar-refractivity contribution in [2.24, 2.45) is 0 Å². The first-order valence-electron chi connectivity index (χ1n) is 11.0. The summed E-state index contributed by atoms with van der Waals surface area (Å²) in [4.78, 5) is 12.8. The van der Waals surface area contributed by atoms with Gasteiger partial charge in [-0.05, 0) is 99.9 Å². The van der Waals surface area contributed by atoms with Crippen molar-refractivity contribution < 1.29 is 24.5 Å². The van der Waals surface area contributed by atoms with Crippen molar-refractivity contribution in [3.05, 3.63) is 59.7 Å². The molecule has 0 amide bonds. The molecule has 4 rings (SSSR count). The zero-order valence-corrected chi connectivity index (χ0v) is 17.2. The van der Waals surface area contributed by atoms with Crippen LogP contribution in [0.15, 0.2) is 48.5 Å². The Hall–Kier alpha value is -2.37. The molecule has 2 fully saturated rings. The summed E-state index contributed by atoms with van der Waals surface area (Å²) in [6.07, 6.45) is 6.44. The largest absolute Gasteiger partial charge is 0.490 e. The quantitative estimate of drug-likeness (QED) is 0.695. The second-order valence-electron chi connectivity index (χ2n) is 8.47. The Labute approximate surface area is 177 Å². The Morgan fingerprint density at radius 2 is 0.933 bits per heavy atom. The van der Waals surface area contributed by atoms with E-state index in [-0.39, 0.29) is 30.2 Å². The molecule has 5 heteroatoms. The van der Waals surface area contributed by atoms with Gasteiger partial charge in [-0.3, -0.25) is 4.79 Å². The molecule has 2 aromatic carbocycles. The normalized spacial score (nSPS) is 26.7. The third-order valence-electron chi connectivity index (χ3n) is 6.13. The van der Waals surface area contributed by atoms with E-state index in [1.54, 1.807) is 24.3 Å². The summed E-state index contributed by atoms with van der Waals surface area (Å²) < 4.78 is 12.0. The average molecular weight is 411 g/mol. The summed E-state index contributed by atoms with van der Waals surface area (Å²) in [6.45, 7) is 0. The fraction of sp³-hybridized carbons (Fsp3) is 0.480. The highest BCUT2D eigenvalue weighted by Crippen LogP contribution is 2.26. The van der Waals surface area contributed by atoms with Gasteiger partial charge >= 0.3 is 0 Å². The second kappa shape index (κ2) is 9.63. The maximum atomic E-state index is 12.8. The molecule has 2 aliphatic carbocycles. The van der Waals surface area contributed by atoms with Crippen LogP contribution in [0.5, 0.6) is 11.5 Å². The smallest absolute Gasteiger partial charge is 0.193 e. The van der Waals surface area contributed by atoms with Gasteiger partial charge in [0.1, 0.15) is 11.5 Å². The summed E-state index contributed by atoms with van der Waals surface area (Å²) in [6, 6.07) is 14.6. The summed E-state index contributed by atoms with van der Waals surface area (Å²) in [5.41, 5.74) is 1.24. The summed E-state index contributed by atoms with van der Waals surface area (Å²) in [5.74, 6) is 1.48. The highest BCUT2D eigenvalue weighted by atomic mass is 16.5. The van der Waals surface area contributed by atoms with Gasteiger partial charge in [-0.2, -0.15) is 0 Å². The van der Waals surface area contributed by atoms with Gasteiger partial charge in [0.25, 0.3) is 0 Å². The Morgan fingerprint density at radius 3 is 1.27 bits per heavy atom. The minimum absolute atomic E-state index is 0.0327. The molecule has 2 aliphatic rings. The monoisotopic (exact) mass is 410 g/mol. The van der Waals surface area contributed by atoms with Crippen LogP contribution >= 0.6 is 0 Å². The standard InChI is InChI=1S/C25H30O5/c26-19-5-13-23(14-6-19)29-21-9-1-17(2-10-21)25(28)18-3-11-22(12-4-18)30-24-15-7-20(27)8-16-24/h1-4,9-12,19-20,23-24,26-27H,5-8,13-16H2. The fourth-order valence-electron chi connectivity index (χ4n) is 4.25. The fourth-order valence-corrected chi connectivity index (χ4v) is 4.25. The first-order valence-corrected chi connectivity index (χ1v) is 11.0. The molecule has 0 radical (unpaired) electrons. The average Bonchev–Trinajstić information content (AvgIpc) is 2.77. The molecule has 0 heterocycles. The number of rotatable bonds is 6. The van der Waals surface area contributed by atoms with Gasteiger partial charge in [0.2, 0.25) is 0 Å². The molecule has 0 atom stereocenters. The SMILES string of the molecule is O=C(c1ccc(OC2CCC(O)CC2)cc1)c1ccc(OC2CCC(O)CC2)cc1. The lowest BCUT2D eigenvalue weighted by atomic mass is 9.95. The third-order valence-corrected chi connectivity index (χ3v) is 6.13. The van der Waals surface area contributed by atoms with E-state index >= 15 is 0 Å². The van der Waals surface area contributed by atoms with Gasteiger partial charge in [0.15, 0.2) is 5.78 Å². The van der Waals surface area contributed by atoms with Crippen LogP contribution < -0.4 is 9.47 Å². The Kier molecular flexibility index (Phi) is 6.70. The minimum Gasteiger partial charge on any atom is -0.490 e. The van der Waals surface area contributed by atoms with Crippen LogP contribution in [-0.4, -0.2) is 40.4 Å². The van der Waals surface area contributed by atoms with E-state index in [9.17, 15) is 15.0 Å². The molecule has 2 saturated carbocycles. The van der Waals surface area contributed by atoms with Crippen molar-refractivity contribution in [1.82, 2.24) is 0 Å². The number of ketones is 1. The van der Waals surface area contributed by atoms with Crippen molar-refractivity contribution in [3.8, 4) is 11.5 Å². The van der Waals surface area contributed by atoms with Crippen molar-refractivity contribution in [3.63, 3.8) is 0 Å². The van der Waals surface area contributed by atoms with Crippen molar-refractivity contribution in [2.75, 3.05) is 0 Å². The minimum atomic E-state index is -0.197. The topological polar surface area (TPSA) is 76.0 Å². The van der Waals surface area contributed by atoms with E-state index < -0.39 is 0 Å². The lowest BCUT2D eigenvalue weighted by Gasteiger charge is -2.26. The van der Waals surface area contributed by atoms with Gasteiger partial charge in [-0.15, -0.1) is 0 Å². The molecule has 2 aromatic rings. The van der Waals surface area contributed by atoms with Crippen molar-refractivity contribution >= 4 is 5.78 Å². The van der Waals surface area contributed by atoms with E-state index in [0.717, 1.165) is 62.9 Å². The van der Waals surface area contributed by atoms with E-state index in [4.69, 9.17) is 9.47 Å². The number of aliphatic hydroxyl groups is 2. The Morgan fingerprint density at radius 1 is 0.600 bits per heavy atom. The van der Waals surface area contributed by atoms with E-state index in [2.05, 4.69) is 0 Å². The van der Waals surface area contributed by atoms with Crippen molar-refractivity contribution in [2.45, 2.75) is 75.8 Å². The van der Waals surface area contributed by atoms with Crippen molar-refractivity contribution in [1.29, 1.82) is 0 Å². The van der Waals surface area contributed by atoms with E-state index in [1.165, 1.54) is 0 Å². The highest BCUT2D eigenvalue weighted by Gasteiger charge is 2.22. The van der Waals surface area contributed by atoms with Gasteiger partial charge < -0.3 is 19.7 Å². The molecule has 0 aliphatic heterocycles. The molecule has 0 saturated heterocycles. The third kappa shape index (κ3) is 5.41. The Bertz CT molecular complexity index is 744. The molecule has 30 heavy (non-hydrogen) atoms. The number of carbonyl (C=O) groups is 1. The zero-order chi connectivity index (χ0) is 20.9. The number of benzene rings is 2. The molecule has 0 aromatic heterocycles. The highest BCUT2D eigenvalue weighted by molar-refractivity contribution is 6.09. The molecule has 5 nitrogen and oxygen atoms in total. The van der Waals surface area contributed by atoms with Crippen LogP contribution in [0.4, 0.5) is 0 Å². The number of aliphatic hydroxyl groups excluding tert-OH is 2. The van der Waals surface area contributed by atoms with Crippen LogP contribution in [0.25, 0.3) is 0 Å². The zero-order valence-electron chi connectivity index (χ0n) is 17.2. The molecule has 0 unspecified atom stereocenters. The Balaban J connectivity index is 1.32. The lowest BCUT2D eigenvalue weighted by molar-refractivity contribution is 0.0665. The molecule has 160 valence electrons. The van der Waals surface area contributed by atoms with Crippen LogP contribution in [0, 0.1) is 0 Å². The molecular weight excluding hydrogens is 380 g/mol. The maximum absolute atomic E-state index is 12.8. The molecular formula is C25H30O5.